The molecule has 122 valence electrons. The van der Waals surface area contributed by atoms with Gasteiger partial charge < -0.3 is 5.32 Å². The van der Waals surface area contributed by atoms with E-state index in [4.69, 9.17) is 23.8 Å². The van der Waals surface area contributed by atoms with E-state index >= 15 is 0 Å². The lowest BCUT2D eigenvalue weighted by Crippen LogP contribution is -2.33. The van der Waals surface area contributed by atoms with Gasteiger partial charge in [0, 0.05) is 10.7 Å². The Balaban J connectivity index is 1.70. The molecule has 3 rings (SSSR count). The first-order valence-electron chi connectivity index (χ1n) is 7.35. The SMILES string of the molecule is Cc1ccc(NCN2C(=O)/C(=C\c3ccccc3)SC2=S)cc1Cl. The number of halogens is 1. The average molecular weight is 375 g/mol. The van der Waals surface area contributed by atoms with Gasteiger partial charge in [0.25, 0.3) is 5.91 Å². The number of thioether (sulfide) groups is 1. The number of hydrogen-bond acceptors (Lipinski definition) is 4. The van der Waals surface area contributed by atoms with E-state index < -0.39 is 0 Å². The third-order valence-electron chi connectivity index (χ3n) is 3.58. The molecule has 1 heterocycles. The van der Waals surface area contributed by atoms with Gasteiger partial charge in [-0.2, -0.15) is 0 Å². The molecule has 0 saturated carbocycles. The number of amides is 1. The Morgan fingerprint density at radius 2 is 2.00 bits per heavy atom. The molecule has 1 saturated heterocycles. The van der Waals surface area contributed by atoms with Crippen molar-refractivity contribution in [3.63, 3.8) is 0 Å². The Kier molecular flexibility index (Phi) is 5.23. The minimum atomic E-state index is -0.0837. The molecule has 0 aliphatic carbocycles. The summed E-state index contributed by atoms with van der Waals surface area (Å²) in [5.74, 6) is -0.0837. The van der Waals surface area contributed by atoms with E-state index in [1.165, 1.54) is 11.8 Å². The number of rotatable bonds is 4. The molecule has 2 aromatic carbocycles. The summed E-state index contributed by atoms with van der Waals surface area (Å²) < 4.78 is 0.549. The Labute approximate surface area is 155 Å². The Bertz CT molecular complexity index is 821. The van der Waals surface area contributed by atoms with Crippen molar-refractivity contribution in [2.45, 2.75) is 6.92 Å². The number of thiocarbonyl (C=S) groups is 1. The molecular weight excluding hydrogens is 360 g/mol. The highest BCUT2D eigenvalue weighted by Gasteiger charge is 2.31. The fourth-order valence-electron chi connectivity index (χ4n) is 2.21. The summed E-state index contributed by atoms with van der Waals surface area (Å²) in [6.07, 6.45) is 1.86. The third-order valence-corrected chi connectivity index (χ3v) is 5.37. The number of carbonyl (C=O) groups excluding carboxylic acids is 1. The van der Waals surface area contributed by atoms with Gasteiger partial charge >= 0.3 is 0 Å². The van der Waals surface area contributed by atoms with Gasteiger partial charge in [-0.15, -0.1) is 0 Å². The fourth-order valence-corrected chi connectivity index (χ4v) is 3.65. The van der Waals surface area contributed by atoms with E-state index in [1.54, 1.807) is 4.90 Å². The molecular formula is C18H15ClN2OS2. The van der Waals surface area contributed by atoms with Crippen LogP contribution in [0.1, 0.15) is 11.1 Å². The number of nitrogens with one attached hydrogen (secondary N) is 1. The van der Waals surface area contributed by atoms with Gasteiger partial charge in [0.2, 0.25) is 0 Å². The zero-order valence-electron chi connectivity index (χ0n) is 13.0. The fraction of sp³-hybridized carbons (Fsp3) is 0.111. The van der Waals surface area contributed by atoms with Crippen LogP contribution in [0.25, 0.3) is 6.08 Å². The van der Waals surface area contributed by atoms with Crippen molar-refractivity contribution in [2.75, 3.05) is 12.0 Å². The lowest BCUT2D eigenvalue weighted by atomic mass is 10.2. The molecule has 1 aliphatic rings. The van der Waals surface area contributed by atoms with Crippen molar-refractivity contribution < 1.29 is 4.79 Å². The van der Waals surface area contributed by atoms with Crippen LogP contribution in [0, 0.1) is 6.92 Å². The average Bonchev–Trinajstić information content (AvgIpc) is 2.83. The Morgan fingerprint density at radius 1 is 1.25 bits per heavy atom. The van der Waals surface area contributed by atoms with Gasteiger partial charge in [0.05, 0.1) is 11.6 Å². The van der Waals surface area contributed by atoms with E-state index in [2.05, 4.69) is 5.32 Å². The summed E-state index contributed by atoms with van der Waals surface area (Å²) in [5.41, 5.74) is 2.85. The molecule has 24 heavy (non-hydrogen) atoms. The number of nitrogens with zero attached hydrogens (tertiary/aromatic N) is 1. The summed E-state index contributed by atoms with van der Waals surface area (Å²) in [4.78, 5) is 14.7. The topological polar surface area (TPSA) is 32.3 Å². The highest BCUT2D eigenvalue weighted by molar-refractivity contribution is 8.26. The molecule has 1 aliphatic heterocycles. The first kappa shape index (κ1) is 17.0. The molecule has 0 aromatic heterocycles. The lowest BCUT2D eigenvalue weighted by molar-refractivity contribution is -0.121. The largest absolute Gasteiger partial charge is 0.367 e. The van der Waals surface area contributed by atoms with Crippen LogP contribution < -0.4 is 5.32 Å². The van der Waals surface area contributed by atoms with Gasteiger partial charge in [-0.05, 0) is 36.3 Å². The summed E-state index contributed by atoms with van der Waals surface area (Å²) in [6.45, 7) is 2.26. The quantitative estimate of drug-likeness (QED) is 0.608. The maximum Gasteiger partial charge on any atom is 0.267 e. The summed E-state index contributed by atoms with van der Waals surface area (Å²) in [6, 6.07) is 15.4. The molecule has 0 unspecified atom stereocenters. The number of aryl methyl sites for hydroxylation is 1. The van der Waals surface area contributed by atoms with Gasteiger partial charge in [-0.25, -0.2) is 0 Å². The molecule has 0 radical (unpaired) electrons. The Hall–Kier alpha value is -1.82. The first-order valence-corrected chi connectivity index (χ1v) is 8.95. The first-order chi connectivity index (χ1) is 11.5. The standard InChI is InChI=1S/C18H15ClN2OS2/c1-12-7-8-14(10-15(12)19)20-11-21-17(22)16(24-18(21)23)9-13-5-3-2-4-6-13/h2-10,20H,11H2,1H3/b16-9+. The molecule has 6 heteroatoms. The molecule has 0 bridgehead atoms. The number of hydrogen-bond donors (Lipinski definition) is 1. The molecule has 1 amide bonds. The molecule has 2 aromatic rings. The number of carbonyl (C=O) groups is 1. The van der Waals surface area contributed by atoms with Gasteiger partial charge in [-0.1, -0.05) is 72.0 Å². The highest BCUT2D eigenvalue weighted by Crippen LogP contribution is 2.32. The van der Waals surface area contributed by atoms with Gasteiger partial charge in [0.15, 0.2) is 0 Å². The van der Waals surface area contributed by atoms with Crippen molar-refractivity contribution in [1.29, 1.82) is 0 Å². The summed E-state index contributed by atoms with van der Waals surface area (Å²) in [5, 5.41) is 3.88. The van der Waals surface area contributed by atoms with E-state index in [0.717, 1.165) is 16.8 Å². The maximum atomic E-state index is 12.5. The number of anilines is 1. The van der Waals surface area contributed by atoms with Crippen LogP contribution in [-0.4, -0.2) is 21.8 Å². The van der Waals surface area contributed by atoms with Crippen molar-refractivity contribution in [3.8, 4) is 0 Å². The molecule has 0 atom stereocenters. The molecule has 0 spiro atoms. The predicted molar refractivity (Wildman–Crippen MR) is 106 cm³/mol. The van der Waals surface area contributed by atoms with Gasteiger partial charge in [0.1, 0.15) is 4.32 Å². The van der Waals surface area contributed by atoms with Crippen LogP contribution in [0.4, 0.5) is 5.69 Å². The summed E-state index contributed by atoms with van der Waals surface area (Å²) >= 11 is 12.8. The minimum absolute atomic E-state index is 0.0837. The second kappa shape index (κ2) is 7.38. The van der Waals surface area contributed by atoms with E-state index in [1.807, 2.05) is 61.5 Å². The van der Waals surface area contributed by atoms with Gasteiger partial charge in [-0.3, -0.25) is 9.69 Å². The zero-order chi connectivity index (χ0) is 17.1. The van der Waals surface area contributed by atoms with E-state index in [9.17, 15) is 4.79 Å². The van der Waals surface area contributed by atoms with Crippen LogP contribution in [0.5, 0.6) is 0 Å². The zero-order valence-corrected chi connectivity index (χ0v) is 15.3. The van der Waals surface area contributed by atoms with Crippen molar-refractivity contribution in [1.82, 2.24) is 4.90 Å². The van der Waals surface area contributed by atoms with Crippen molar-refractivity contribution >= 4 is 57.6 Å². The summed E-state index contributed by atoms with van der Waals surface area (Å²) in [7, 11) is 0. The van der Waals surface area contributed by atoms with Crippen LogP contribution in [0.2, 0.25) is 5.02 Å². The molecule has 1 N–H and O–H groups in total. The van der Waals surface area contributed by atoms with Crippen LogP contribution >= 0.6 is 35.6 Å². The molecule has 1 fully saturated rings. The van der Waals surface area contributed by atoms with Crippen molar-refractivity contribution in [2.24, 2.45) is 0 Å². The minimum Gasteiger partial charge on any atom is -0.367 e. The second-order valence-corrected chi connectivity index (χ2v) is 7.40. The van der Waals surface area contributed by atoms with E-state index in [-0.39, 0.29) is 5.91 Å². The predicted octanol–water partition coefficient (Wildman–Crippen LogP) is 4.92. The van der Waals surface area contributed by atoms with Crippen LogP contribution in [-0.2, 0) is 4.79 Å². The normalized spacial score (nSPS) is 16.1. The monoisotopic (exact) mass is 374 g/mol. The van der Waals surface area contributed by atoms with Crippen molar-refractivity contribution in [3.05, 3.63) is 69.6 Å². The second-order valence-electron chi connectivity index (χ2n) is 5.32. The van der Waals surface area contributed by atoms with Crippen LogP contribution in [0.3, 0.4) is 0 Å². The van der Waals surface area contributed by atoms with E-state index in [0.29, 0.717) is 20.9 Å². The molecule has 3 nitrogen and oxygen atoms in total. The maximum absolute atomic E-state index is 12.5. The highest BCUT2D eigenvalue weighted by atomic mass is 35.5. The smallest absolute Gasteiger partial charge is 0.267 e. The van der Waals surface area contributed by atoms with Crippen LogP contribution in [0.15, 0.2) is 53.4 Å². The Morgan fingerprint density at radius 3 is 2.71 bits per heavy atom. The third kappa shape index (κ3) is 3.80. The number of benzene rings is 2. The lowest BCUT2D eigenvalue weighted by Gasteiger charge is -2.16.